The molecule has 0 aliphatic carbocycles. The summed E-state index contributed by atoms with van der Waals surface area (Å²) in [7, 11) is 0. The molecule has 0 spiro atoms. The molecule has 0 radical (unpaired) electrons. The number of likely N-dealkylation sites (tertiary alicyclic amines) is 1. The van der Waals surface area contributed by atoms with Crippen LogP contribution in [0.4, 0.5) is 0 Å². The SMILES string of the molecule is Cc1ncc(CN2CCC(C(CC(=O)O)c3ccccc3)CC2)cn1. The van der Waals surface area contributed by atoms with E-state index in [1.165, 1.54) is 0 Å². The number of piperidine rings is 1. The molecule has 2 aromatic rings. The molecule has 25 heavy (non-hydrogen) atoms. The molecule has 5 heteroatoms. The Morgan fingerprint density at radius 2 is 1.84 bits per heavy atom. The average Bonchev–Trinajstić information content (AvgIpc) is 2.63. The van der Waals surface area contributed by atoms with Crippen molar-refractivity contribution in [2.75, 3.05) is 13.1 Å². The standard InChI is InChI=1S/C20H25N3O2/c1-15-21-12-16(13-22-15)14-23-9-7-18(8-10-23)19(11-20(24)25)17-5-3-2-4-6-17/h2-6,12-13,18-19H,7-11,14H2,1H3,(H,24,25). The third kappa shape index (κ3) is 4.86. The summed E-state index contributed by atoms with van der Waals surface area (Å²) in [6.45, 7) is 4.73. The minimum atomic E-state index is -0.715. The molecule has 1 aliphatic rings. The highest BCUT2D eigenvalue weighted by Crippen LogP contribution is 2.35. The highest BCUT2D eigenvalue weighted by atomic mass is 16.4. The lowest BCUT2D eigenvalue weighted by Gasteiger charge is -2.36. The first-order valence-corrected chi connectivity index (χ1v) is 8.88. The maximum Gasteiger partial charge on any atom is 0.303 e. The second-order valence-corrected chi connectivity index (χ2v) is 6.87. The number of carbonyl (C=O) groups is 1. The Bertz CT molecular complexity index is 680. The number of aryl methyl sites for hydroxylation is 1. The van der Waals surface area contributed by atoms with Gasteiger partial charge >= 0.3 is 5.97 Å². The lowest BCUT2D eigenvalue weighted by Crippen LogP contribution is -2.35. The van der Waals surface area contributed by atoms with Crippen molar-refractivity contribution in [2.45, 2.75) is 38.6 Å². The highest BCUT2D eigenvalue weighted by molar-refractivity contribution is 5.68. The zero-order chi connectivity index (χ0) is 17.6. The third-order valence-corrected chi connectivity index (χ3v) is 5.06. The van der Waals surface area contributed by atoms with E-state index in [0.717, 1.165) is 49.4 Å². The summed E-state index contributed by atoms with van der Waals surface area (Å²) in [6.07, 6.45) is 6.05. The van der Waals surface area contributed by atoms with E-state index in [1.807, 2.05) is 37.5 Å². The molecule has 1 fully saturated rings. The van der Waals surface area contributed by atoms with E-state index in [1.54, 1.807) is 0 Å². The molecule has 1 unspecified atom stereocenters. The Morgan fingerprint density at radius 3 is 2.44 bits per heavy atom. The average molecular weight is 339 g/mol. The van der Waals surface area contributed by atoms with Gasteiger partial charge in [-0.3, -0.25) is 9.69 Å². The van der Waals surface area contributed by atoms with E-state index < -0.39 is 5.97 Å². The number of carboxylic acid groups (broad SMARTS) is 1. The van der Waals surface area contributed by atoms with E-state index in [9.17, 15) is 9.90 Å². The molecule has 5 nitrogen and oxygen atoms in total. The molecule has 132 valence electrons. The number of aromatic nitrogens is 2. The summed E-state index contributed by atoms with van der Waals surface area (Å²) in [6, 6.07) is 10.1. The predicted molar refractivity (Wildman–Crippen MR) is 96.2 cm³/mol. The van der Waals surface area contributed by atoms with Crippen LogP contribution in [-0.4, -0.2) is 39.0 Å². The first-order valence-electron chi connectivity index (χ1n) is 8.88. The topological polar surface area (TPSA) is 66.3 Å². The molecule has 0 amide bonds. The van der Waals surface area contributed by atoms with Gasteiger partial charge in [0.05, 0.1) is 6.42 Å². The minimum Gasteiger partial charge on any atom is -0.481 e. The van der Waals surface area contributed by atoms with Crippen molar-refractivity contribution in [3.05, 3.63) is 59.7 Å². The van der Waals surface area contributed by atoms with Crippen LogP contribution in [0.2, 0.25) is 0 Å². The second-order valence-electron chi connectivity index (χ2n) is 6.87. The summed E-state index contributed by atoms with van der Waals surface area (Å²) < 4.78 is 0. The van der Waals surface area contributed by atoms with Crippen LogP contribution in [0.5, 0.6) is 0 Å². The van der Waals surface area contributed by atoms with Gasteiger partial charge in [-0.05, 0) is 50.3 Å². The molecule has 1 N–H and O–H groups in total. The Hall–Kier alpha value is -2.27. The molecule has 0 bridgehead atoms. The van der Waals surface area contributed by atoms with Crippen molar-refractivity contribution in [3.63, 3.8) is 0 Å². The normalized spacial score (nSPS) is 17.3. The number of carboxylic acids is 1. The first-order chi connectivity index (χ1) is 12.1. The number of hydrogen-bond donors (Lipinski definition) is 1. The van der Waals surface area contributed by atoms with Crippen LogP contribution < -0.4 is 0 Å². The van der Waals surface area contributed by atoms with Gasteiger partial charge in [-0.25, -0.2) is 9.97 Å². The number of benzene rings is 1. The zero-order valence-electron chi connectivity index (χ0n) is 14.6. The molecule has 1 aliphatic heterocycles. The third-order valence-electron chi connectivity index (χ3n) is 5.06. The summed E-state index contributed by atoms with van der Waals surface area (Å²) >= 11 is 0. The van der Waals surface area contributed by atoms with Crippen molar-refractivity contribution in [1.29, 1.82) is 0 Å². The number of nitrogens with zero attached hydrogens (tertiary/aromatic N) is 3. The number of hydrogen-bond acceptors (Lipinski definition) is 4. The summed E-state index contributed by atoms with van der Waals surface area (Å²) in [5.74, 6) is 0.600. The van der Waals surface area contributed by atoms with Gasteiger partial charge < -0.3 is 5.11 Å². The van der Waals surface area contributed by atoms with Crippen molar-refractivity contribution >= 4 is 5.97 Å². The van der Waals surface area contributed by atoms with E-state index in [-0.39, 0.29) is 12.3 Å². The molecule has 0 saturated carbocycles. The van der Waals surface area contributed by atoms with Crippen molar-refractivity contribution in [2.24, 2.45) is 5.92 Å². The van der Waals surface area contributed by atoms with Gasteiger partial charge in [0.2, 0.25) is 0 Å². The fourth-order valence-corrected chi connectivity index (χ4v) is 3.72. The van der Waals surface area contributed by atoms with E-state index in [4.69, 9.17) is 0 Å². The lowest BCUT2D eigenvalue weighted by molar-refractivity contribution is -0.137. The van der Waals surface area contributed by atoms with Crippen molar-refractivity contribution in [1.82, 2.24) is 14.9 Å². The van der Waals surface area contributed by atoms with Crippen LogP contribution in [0, 0.1) is 12.8 Å². The second kappa shape index (κ2) is 8.21. The van der Waals surface area contributed by atoms with Crippen LogP contribution >= 0.6 is 0 Å². The van der Waals surface area contributed by atoms with Gasteiger partial charge in [0, 0.05) is 24.5 Å². The largest absolute Gasteiger partial charge is 0.481 e. The van der Waals surface area contributed by atoms with E-state index in [0.29, 0.717) is 5.92 Å². The van der Waals surface area contributed by atoms with E-state index >= 15 is 0 Å². The maximum absolute atomic E-state index is 11.3. The Kier molecular flexibility index (Phi) is 5.76. The molecule has 1 aromatic carbocycles. The Balaban J connectivity index is 1.61. The maximum atomic E-state index is 11.3. The minimum absolute atomic E-state index is 0.101. The van der Waals surface area contributed by atoms with Crippen LogP contribution in [0.3, 0.4) is 0 Å². The molecule has 3 rings (SSSR count). The number of aliphatic carboxylic acids is 1. The van der Waals surface area contributed by atoms with Crippen molar-refractivity contribution in [3.8, 4) is 0 Å². The summed E-state index contributed by atoms with van der Waals surface area (Å²) in [5.41, 5.74) is 2.28. The smallest absolute Gasteiger partial charge is 0.303 e. The molecule has 2 heterocycles. The number of rotatable bonds is 6. The summed E-state index contributed by atoms with van der Waals surface area (Å²) in [4.78, 5) is 22.3. The van der Waals surface area contributed by atoms with Gasteiger partial charge in [0.25, 0.3) is 0 Å². The van der Waals surface area contributed by atoms with Crippen molar-refractivity contribution < 1.29 is 9.90 Å². The van der Waals surface area contributed by atoms with Gasteiger partial charge in [-0.15, -0.1) is 0 Å². The van der Waals surface area contributed by atoms with Crippen LogP contribution in [0.15, 0.2) is 42.7 Å². The Morgan fingerprint density at radius 1 is 1.20 bits per heavy atom. The summed E-state index contributed by atoms with van der Waals surface area (Å²) in [5, 5.41) is 9.32. The van der Waals surface area contributed by atoms with Gasteiger partial charge in [0.1, 0.15) is 5.82 Å². The van der Waals surface area contributed by atoms with Gasteiger partial charge in [-0.2, -0.15) is 0 Å². The van der Waals surface area contributed by atoms with E-state index in [2.05, 4.69) is 27.0 Å². The monoisotopic (exact) mass is 339 g/mol. The lowest BCUT2D eigenvalue weighted by atomic mass is 9.78. The fourth-order valence-electron chi connectivity index (χ4n) is 3.72. The predicted octanol–water partition coefficient (Wildman–Crippen LogP) is 3.26. The zero-order valence-corrected chi connectivity index (χ0v) is 14.6. The molecule has 1 aromatic heterocycles. The quantitative estimate of drug-likeness (QED) is 0.875. The highest BCUT2D eigenvalue weighted by Gasteiger charge is 2.29. The fraction of sp³-hybridized carbons (Fsp3) is 0.450. The Labute approximate surface area is 148 Å². The van der Waals surface area contributed by atoms with Crippen LogP contribution in [-0.2, 0) is 11.3 Å². The molecule has 1 saturated heterocycles. The molecule has 1 atom stereocenters. The molecular weight excluding hydrogens is 314 g/mol. The van der Waals surface area contributed by atoms with Gasteiger partial charge in [-0.1, -0.05) is 30.3 Å². The molecular formula is C20H25N3O2. The first kappa shape index (κ1) is 17.5. The van der Waals surface area contributed by atoms with Gasteiger partial charge in [0.15, 0.2) is 0 Å². The van der Waals surface area contributed by atoms with Crippen LogP contribution in [0.25, 0.3) is 0 Å². The van der Waals surface area contributed by atoms with Crippen LogP contribution in [0.1, 0.15) is 42.1 Å².